The van der Waals surface area contributed by atoms with Gasteiger partial charge < -0.3 is 15.8 Å². The monoisotopic (exact) mass is 313 g/mol. The third-order valence-corrected chi connectivity index (χ3v) is 3.19. The Labute approximate surface area is 131 Å². The highest BCUT2D eigenvalue weighted by atomic mass is 35.5. The normalized spacial score (nSPS) is 12.9. The Balaban J connectivity index is 2.77. The molecule has 0 aromatic carbocycles. The molecule has 21 heavy (non-hydrogen) atoms. The van der Waals surface area contributed by atoms with Gasteiger partial charge in [-0.25, -0.2) is 9.78 Å². The summed E-state index contributed by atoms with van der Waals surface area (Å²) in [5.41, 5.74) is 7.99. The number of aryl methyl sites for hydroxylation is 2. The number of alkyl carbamates (subject to hydrolysis) is 1. The van der Waals surface area contributed by atoms with Crippen molar-refractivity contribution in [3.05, 3.63) is 28.0 Å². The Kier molecular flexibility index (Phi) is 5.98. The van der Waals surface area contributed by atoms with Gasteiger partial charge in [0.05, 0.1) is 0 Å². The van der Waals surface area contributed by atoms with E-state index in [0.29, 0.717) is 18.1 Å². The zero-order valence-corrected chi connectivity index (χ0v) is 14.0. The van der Waals surface area contributed by atoms with E-state index in [2.05, 4.69) is 10.3 Å². The average molecular weight is 314 g/mol. The number of hydrogen-bond acceptors (Lipinski definition) is 4. The summed E-state index contributed by atoms with van der Waals surface area (Å²) in [6, 6.07) is 1.71. The lowest BCUT2D eigenvalue weighted by molar-refractivity contribution is 0.0506. The molecule has 118 valence electrons. The van der Waals surface area contributed by atoms with Gasteiger partial charge in [0.2, 0.25) is 0 Å². The van der Waals surface area contributed by atoms with E-state index in [1.54, 1.807) is 0 Å². The number of aromatic nitrogens is 1. The number of pyridine rings is 1. The van der Waals surface area contributed by atoms with Gasteiger partial charge in [-0.3, -0.25) is 0 Å². The van der Waals surface area contributed by atoms with Crippen LogP contribution in [0.1, 0.15) is 37.6 Å². The number of ether oxygens (including phenoxy) is 1. The fourth-order valence-electron chi connectivity index (χ4n) is 1.98. The molecule has 1 aromatic rings. The van der Waals surface area contributed by atoms with Crippen LogP contribution in [0.15, 0.2) is 6.07 Å². The maximum absolute atomic E-state index is 11.8. The molecule has 1 aromatic heterocycles. The van der Waals surface area contributed by atoms with Crippen LogP contribution in [0.25, 0.3) is 0 Å². The molecule has 6 heteroatoms. The van der Waals surface area contributed by atoms with Crippen LogP contribution < -0.4 is 11.1 Å². The second-order valence-corrected chi connectivity index (χ2v) is 6.49. The molecule has 1 rings (SSSR count). The zero-order valence-electron chi connectivity index (χ0n) is 13.3. The minimum absolute atomic E-state index is 0.249. The first kappa shape index (κ1) is 17.7. The van der Waals surface area contributed by atoms with E-state index >= 15 is 0 Å². The van der Waals surface area contributed by atoms with Gasteiger partial charge in [0.25, 0.3) is 0 Å². The number of nitrogens with zero attached hydrogens (tertiary/aromatic N) is 1. The standard InChI is InChI=1S/C15H24ClN3O2/c1-9-6-10(2)18-13(16)12(9)7-11(8-17)19-14(20)21-15(3,4)5/h6,11H,7-8,17H2,1-5H3,(H,19,20). The van der Waals surface area contributed by atoms with Gasteiger partial charge in [-0.05, 0) is 58.2 Å². The molecule has 1 atom stereocenters. The van der Waals surface area contributed by atoms with Crippen LogP contribution in [0.4, 0.5) is 4.79 Å². The molecule has 5 nitrogen and oxygen atoms in total. The molecule has 0 saturated heterocycles. The van der Waals surface area contributed by atoms with Crippen molar-refractivity contribution in [1.29, 1.82) is 0 Å². The highest BCUT2D eigenvalue weighted by Crippen LogP contribution is 2.20. The third kappa shape index (κ3) is 5.89. The topological polar surface area (TPSA) is 77.2 Å². The van der Waals surface area contributed by atoms with Crippen molar-refractivity contribution in [1.82, 2.24) is 10.3 Å². The largest absolute Gasteiger partial charge is 0.444 e. The molecule has 1 heterocycles. The number of carbonyl (C=O) groups is 1. The third-order valence-electron chi connectivity index (χ3n) is 2.88. The van der Waals surface area contributed by atoms with Crippen molar-refractivity contribution in [2.45, 2.75) is 52.7 Å². The fraction of sp³-hybridized carbons (Fsp3) is 0.600. The van der Waals surface area contributed by atoms with Crippen LogP contribution in [-0.2, 0) is 11.2 Å². The Morgan fingerprint density at radius 1 is 1.48 bits per heavy atom. The fourth-order valence-corrected chi connectivity index (χ4v) is 2.34. The lowest BCUT2D eigenvalue weighted by atomic mass is 10.0. The molecule has 0 aliphatic carbocycles. The molecule has 0 bridgehead atoms. The number of nitrogens with two attached hydrogens (primary N) is 1. The van der Waals surface area contributed by atoms with Crippen LogP contribution in [-0.4, -0.2) is 29.3 Å². The van der Waals surface area contributed by atoms with Gasteiger partial charge in [0, 0.05) is 18.3 Å². The second-order valence-electron chi connectivity index (χ2n) is 6.13. The highest BCUT2D eigenvalue weighted by molar-refractivity contribution is 6.30. The van der Waals surface area contributed by atoms with Gasteiger partial charge in [-0.15, -0.1) is 0 Å². The SMILES string of the molecule is Cc1cc(C)c(CC(CN)NC(=O)OC(C)(C)C)c(Cl)n1. The molecule has 3 N–H and O–H groups in total. The van der Waals surface area contributed by atoms with Crippen molar-refractivity contribution in [2.24, 2.45) is 5.73 Å². The van der Waals surface area contributed by atoms with Crippen LogP contribution >= 0.6 is 11.6 Å². The van der Waals surface area contributed by atoms with Gasteiger partial charge in [0.15, 0.2) is 0 Å². The smallest absolute Gasteiger partial charge is 0.407 e. The summed E-state index contributed by atoms with van der Waals surface area (Å²) >= 11 is 6.18. The number of hydrogen-bond donors (Lipinski definition) is 2. The second kappa shape index (κ2) is 7.09. The van der Waals surface area contributed by atoms with Crippen molar-refractivity contribution in [2.75, 3.05) is 6.54 Å². The van der Waals surface area contributed by atoms with Crippen molar-refractivity contribution in [3.63, 3.8) is 0 Å². The average Bonchev–Trinajstić information content (AvgIpc) is 2.29. The molecule has 1 unspecified atom stereocenters. The minimum Gasteiger partial charge on any atom is -0.444 e. The number of carbonyl (C=O) groups excluding carboxylic acids is 1. The molecular weight excluding hydrogens is 290 g/mol. The number of halogens is 1. The zero-order chi connectivity index (χ0) is 16.2. The van der Waals surface area contributed by atoms with E-state index in [1.165, 1.54) is 0 Å². The first-order valence-electron chi connectivity index (χ1n) is 6.94. The van der Waals surface area contributed by atoms with E-state index in [-0.39, 0.29) is 6.04 Å². The van der Waals surface area contributed by atoms with Crippen molar-refractivity contribution in [3.8, 4) is 0 Å². The molecule has 0 saturated carbocycles. The summed E-state index contributed by atoms with van der Waals surface area (Å²) in [5, 5.41) is 3.22. The summed E-state index contributed by atoms with van der Waals surface area (Å²) in [6.45, 7) is 9.60. The summed E-state index contributed by atoms with van der Waals surface area (Å²) in [4.78, 5) is 16.0. The summed E-state index contributed by atoms with van der Waals surface area (Å²) < 4.78 is 5.23. The highest BCUT2D eigenvalue weighted by Gasteiger charge is 2.20. The summed E-state index contributed by atoms with van der Waals surface area (Å²) in [6.07, 6.45) is 0.0417. The van der Waals surface area contributed by atoms with E-state index in [9.17, 15) is 4.79 Å². The first-order chi connectivity index (χ1) is 9.62. The molecule has 0 aliphatic rings. The first-order valence-corrected chi connectivity index (χ1v) is 7.32. The number of amides is 1. The van der Waals surface area contributed by atoms with Gasteiger partial charge in [-0.1, -0.05) is 11.6 Å². The lowest BCUT2D eigenvalue weighted by Gasteiger charge is -2.23. The molecule has 0 aliphatic heterocycles. The molecule has 0 radical (unpaired) electrons. The van der Waals surface area contributed by atoms with E-state index < -0.39 is 11.7 Å². The minimum atomic E-state index is -0.539. The maximum atomic E-state index is 11.8. The van der Waals surface area contributed by atoms with Crippen LogP contribution in [0.5, 0.6) is 0 Å². The molecular formula is C15H24ClN3O2. The van der Waals surface area contributed by atoms with Crippen molar-refractivity contribution >= 4 is 17.7 Å². The molecule has 0 spiro atoms. The quantitative estimate of drug-likeness (QED) is 0.838. The van der Waals surface area contributed by atoms with Gasteiger partial charge >= 0.3 is 6.09 Å². The lowest BCUT2D eigenvalue weighted by Crippen LogP contribution is -2.44. The maximum Gasteiger partial charge on any atom is 0.407 e. The van der Waals surface area contributed by atoms with Crippen molar-refractivity contribution < 1.29 is 9.53 Å². The van der Waals surface area contributed by atoms with E-state index in [1.807, 2.05) is 40.7 Å². The van der Waals surface area contributed by atoms with E-state index in [4.69, 9.17) is 22.1 Å². The number of rotatable bonds is 4. The predicted octanol–water partition coefficient (Wildman–Crippen LogP) is 2.75. The Morgan fingerprint density at radius 3 is 2.57 bits per heavy atom. The van der Waals surface area contributed by atoms with Crippen LogP contribution in [0.2, 0.25) is 5.15 Å². The van der Waals surface area contributed by atoms with Gasteiger partial charge in [-0.2, -0.15) is 0 Å². The molecule has 1 amide bonds. The van der Waals surface area contributed by atoms with Gasteiger partial charge in [0.1, 0.15) is 10.8 Å². The Bertz CT molecular complexity index is 489. The van der Waals surface area contributed by atoms with Crippen LogP contribution in [0.3, 0.4) is 0 Å². The summed E-state index contributed by atoms with van der Waals surface area (Å²) in [5.74, 6) is 0. The van der Waals surface area contributed by atoms with Crippen LogP contribution in [0, 0.1) is 13.8 Å². The van der Waals surface area contributed by atoms with E-state index in [0.717, 1.165) is 16.8 Å². The molecule has 0 fully saturated rings. The Morgan fingerprint density at radius 2 is 2.10 bits per heavy atom. The predicted molar refractivity (Wildman–Crippen MR) is 84.6 cm³/mol. The summed E-state index contributed by atoms with van der Waals surface area (Å²) in [7, 11) is 0. The number of nitrogens with one attached hydrogen (secondary N) is 1. The Hall–Kier alpha value is -1.33.